The fraction of sp³-hybridized carbons (Fsp3) is 0.348. The van der Waals surface area contributed by atoms with E-state index in [1.165, 1.54) is 12.1 Å². The highest BCUT2D eigenvalue weighted by Crippen LogP contribution is 2.31. The molecule has 9 heteroatoms. The fourth-order valence-electron chi connectivity index (χ4n) is 3.81. The summed E-state index contributed by atoms with van der Waals surface area (Å²) in [5.41, 5.74) is 1.11. The minimum absolute atomic E-state index is 0.136. The first-order chi connectivity index (χ1) is 15.4. The van der Waals surface area contributed by atoms with Crippen LogP contribution in [0.2, 0.25) is 0 Å². The number of benzene rings is 2. The van der Waals surface area contributed by atoms with Crippen molar-refractivity contribution < 1.29 is 22.7 Å². The molecular formula is C23H23F3N4O2. The van der Waals surface area contributed by atoms with Crippen LogP contribution in [0.3, 0.4) is 0 Å². The molecule has 0 radical (unpaired) electrons. The van der Waals surface area contributed by atoms with E-state index in [1.54, 1.807) is 6.33 Å². The van der Waals surface area contributed by atoms with E-state index in [0.29, 0.717) is 12.3 Å². The molecule has 1 aromatic heterocycles. The number of nitrogens with one attached hydrogen (secondary N) is 1. The molecule has 4 rings (SSSR count). The van der Waals surface area contributed by atoms with Gasteiger partial charge in [-0.1, -0.05) is 18.2 Å². The van der Waals surface area contributed by atoms with Gasteiger partial charge in [0.1, 0.15) is 17.9 Å². The van der Waals surface area contributed by atoms with Crippen LogP contribution in [0, 0.1) is 0 Å². The molecule has 3 aromatic rings. The van der Waals surface area contributed by atoms with Gasteiger partial charge in [-0.05, 0) is 48.7 Å². The number of alkyl halides is 3. The zero-order valence-electron chi connectivity index (χ0n) is 17.3. The number of carbonyl (C=O) groups excluding carboxylic acids is 1. The van der Waals surface area contributed by atoms with E-state index >= 15 is 0 Å². The molecule has 6 nitrogen and oxygen atoms in total. The largest absolute Gasteiger partial charge is 0.494 e. The number of aryl methyl sites for hydroxylation is 1. The van der Waals surface area contributed by atoms with Gasteiger partial charge in [0.2, 0.25) is 5.91 Å². The highest BCUT2D eigenvalue weighted by atomic mass is 19.4. The van der Waals surface area contributed by atoms with Crippen molar-refractivity contribution in [2.45, 2.75) is 44.3 Å². The van der Waals surface area contributed by atoms with Crippen molar-refractivity contribution in [1.82, 2.24) is 14.8 Å². The number of fused-ring (bicyclic) bond motifs is 1. The Hall–Kier alpha value is -3.36. The van der Waals surface area contributed by atoms with Crippen molar-refractivity contribution in [3.8, 4) is 5.75 Å². The SMILES string of the molecule is O=C(CCCOc1cccc(C(F)(F)F)c1)Nc1cccc([C@@H]2CCc3nncn3C2)c1. The number of carbonyl (C=O) groups is 1. The van der Waals surface area contributed by atoms with Gasteiger partial charge in [0.15, 0.2) is 0 Å². The molecule has 32 heavy (non-hydrogen) atoms. The van der Waals surface area contributed by atoms with Crippen LogP contribution in [0.5, 0.6) is 5.75 Å². The molecule has 1 atom stereocenters. The third-order valence-corrected chi connectivity index (χ3v) is 5.45. The molecule has 1 amide bonds. The van der Waals surface area contributed by atoms with Crippen LogP contribution in [-0.2, 0) is 23.9 Å². The Bertz CT molecular complexity index is 1080. The third kappa shape index (κ3) is 5.46. The standard InChI is InChI=1S/C23H23F3N4O2/c24-23(25,26)18-5-2-7-20(13-18)32-11-3-8-22(31)28-19-6-1-4-16(12-19)17-9-10-21-29-27-15-30(21)14-17/h1-2,4-7,12-13,15,17H,3,8-11,14H2,(H,28,31)/t17-/m1/s1. The van der Waals surface area contributed by atoms with Crippen LogP contribution < -0.4 is 10.1 Å². The second-order valence-electron chi connectivity index (χ2n) is 7.79. The molecular weight excluding hydrogens is 421 g/mol. The van der Waals surface area contributed by atoms with Gasteiger partial charge in [0, 0.05) is 31.0 Å². The average Bonchev–Trinajstić information content (AvgIpc) is 3.24. The summed E-state index contributed by atoms with van der Waals surface area (Å²) in [5.74, 6) is 1.30. The summed E-state index contributed by atoms with van der Waals surface area (Å²) in [6, 6.07) is 12.5. The topological polar surface area (TPSA) is 69.0 Å². The molecule has 0 bridgehead atoms. The average molecular weight is 444 g/mol. The van der Waals surface area contributed by atoms with E-state index < -0.39 is 11.7 Å². The lowest BCUT2D eigenvalue weighted by molar-refractivity contribution is -0.137. The van der Waals surface area contributed by atoms with Gasteiger partial charge >= 0.3 is 6.18 Å². The summed E-state index contributed by atoms with van der Waals surface area (Å²) in [7, 11) is 0. The summed E-state index contributed by atoms with van der Waals surface area (Å²) < 4.78 is 45.7. The number of hydrogen-bond donors (Lipinski definition) is 1. The van der Waals surface area contributed by atoms with Gasteiger partial charge in [-0.15, -0.1) is 10.2 Å². The van der Waals surface area contributed by atoms with Crippen LogP contribution >= 0.6 is 0 Å². The number of hydrogen-bond acceptors (Lipinski definition) is 4. The van der Waals surface area contributed by atoms with Crippen molar-refractivity contribution >= 4 is 11.6 Å². The summed E-state index contributed by atoms with van der Waals surface area (Å²) in [4.78, 5) is 12.3. The van der Waals surface area contributed by atoms with Gasteiger partial charge in [-0.3, -0.25) is 4.79 Å². The molecule has 0 unspecified atom stereocenters. The minimum atomic E-state index is -4.41. The number of halogens is 3. The number of amides is 1. The van der Waals surface area contributed by atoms with Crippen LogP contribution in [0.1, 0.15) is 42.1 Å². The summed E-state index contributed by atoms with van der Waals surface area (Å²) in [6.45, 7) is 0.963. The van der Waals surface area contributed by atoms with E-state index in [4.69, 9.17) is 4.74 Å². The second-order valence-corrected chi connectivity index (χ2v) is 7.79. The lowest BCUT2D eigenvalue weighted by Gasteiger charge is -2.23. The van der Waals surface area contributed by atoms with Crippen LogP contribution in [0.15, 0.2) is 54.9 Å². The number of anilines is 1. The first kappa shape index (κ1) is 21.9. The minimum Gasteiger partial charge on any atom is -0.494 e. The molecule has 0 aliphatic carbocycles. The predicted molar refractivity (Wildman–Crippen MR) is 112 cm³/mol. The van der Waals surface area contributed by atoms with Crippen molar-refractivity contribution in [3.05, 3.63) is 71.8 Å². The lowest BCUT2D eigenvalue weighted by atomic mass is 9.91. The maximum Gasteiger partial charge on any atom is 0.416 e. The van der Waals surface area contributed by atoms with Crippen LogP contribution in [-0.4, -0.2) is 27.3 Å². The van der Waals surface area contributed by atoms with Crippen molar-refractivity contribution in [2.75, 3.05) is 11.9 Å². The fourth-order valence-corrected chi connectivity index (χ4v) is 3.81. The summed E-state index contributed by atoms with van der Waals surface area (Å²) in [6.07, 6.45) is -0.231. The predicted octanol–water partition coefficient (Wildman–Crippen LogP) is 4.82. The van der Waals surface area contributed by atoms with E-state index in [1.807, 2.05) is 18.2 Å². The second kappa shape index (κ2) is 9.42. The molecule has 168 valence electrons. The van der Waals surface area contributed by atoms with Gasteiger partial charge in [-0.2, -0.15) is 13.2 Å². The monoisotopic (exact) mass is 444 g/mol. The Morgan fingerprint density at radius 3 is 2.88 bits per heavy atom. The Balaban J connectivity index is 1.25. The number of nitrogens with zero attached hydrogens (tertiary/aromatic N) is 3. The first-order valence-corrected chi connectivity index (χ1v) is 10.4. The highest BCUT2D eigenvalue weighted by Gasteiger charge is 2.30. The molecule has 0 saturated carbocycles. The highest BCUT2D eigenvalue weighted by molar-refractivity contribution is 5.90. The van der Waals surface area contributed by atoms with Crippen molar-refractivity contribution in [2.24, 2.45) is 0 Å². The zero-order valence-corrected chi connectivity index (χ0v) is 17.3. The van der Waals surface area contributed by atoms with Crippen molar-refractivity contribution in [1.29, 1.82) is 0 Å². The first-order valence-electron chi connectivity index (χ1n) is 10.4. The zero-order chi connectivity index (χ0) is 22.6. The normalized spacial score (nSPS) is 15.8. The van der Waals surface area contributed by atoms with Gasteiger partial charge < -0.3 is 14.6 Å². The maximum absolute atomic E-state index is 12.8. The van der Waals surface area contributed by atoms with Gasteiger partial charge in [0.05, 0.1) is 12.2 Å². The molecule has 1 aliphatic rings. The van der Waals surface area contributed by atoms with E-state index in [0.717, 1.165) is 48.6 Å². The smallest absolute Gasteiger partial charge is 0.416 e. The molecule has 1 N–H and O–H groups in total. The molecule has 2 heterocycles. The van der Waals surface area contributed by atoms with Crippen LogP contribution in [0.25, 0.3) is 0 Å². The Morgan fingerprint density at radius 2 is 2.03 bits per heavy atom. The third-order valence-electron chi connectivity index (χ3n) is 5.45. The quantitative estimate of drug-likeness (QED) is 0.531. The molecule has 2 aromatic carbocycles. The maximum atomic E-state index is 12.8. The summed E-state index contributed by atoms with van der Waals surface area (Å²) in [5, 5.41) is 11.0. The molecule has 1 aliphatic heterocycles. The van der Waals surface area contributed by atoms with Gasteiger partial charge in [0.25, 0.3) is 0 Å². The number of ether oxygens (including phenoxy) is 1. The Morgan fingerprint density at radius 1 is 1.19 bits per heavy atom. The van der Waals surface area contributed by atoms with Gasteiger partial charge in [-0.25, -0.2) is 0 Å². The van der Waals surface area contributed by atoms with Crippen molar-refractivity contribution in [3.63, 3.8) is 0 Å². The summed E-state index contributed by atoms with van der Waals surface area (Å²) >= 11 is 0. The molecule has 0 saturated heterocycles. The van der Waals surface area contributed by atoms with E-state index in [2.05, 4.69) is 26.1 Å². The van der Waals surface area contributed by atoms with Crippen LogP contribution in [0.4, 0.5) is 18.9 Å². The molecule has 0 spiro atoms. The number of aromatic nitrogens is 3. The van der Waals surface area contributed by atoms with E-state index in [-0.39, 0.29) is 24.7 Å². The molecule has 0 fully saturated rings. The Labute approximate surface area is 183 Å². The lowest BCUT2D eigenvalue weighted by Crippen LogP contribution is -2.19. The number of rotatable bonds is 7. The van der Waals surface area contributed by atoms with E-state index in [9.17, 15) is 18.0 Å². The Kier molecular flexibility index (Phi) is 6.43.